The van der Waals surface area contributed by atoms with Crippen LogP contribution in [0.25, 0.3) is 0 Å². The summed E-state index contributed by atoms with van der Waals surface area (Å²) in [6.45, 7) is 6.44. The van der Waals surface area contributed by atoms with Gasteiger partial charge in [-0.1, -0.05) is 23.7 Å². The topological polar surface area (TPSA) is 46.1 Å². The maximum Gasteiger partial charge on any atom is 0.194 e. The number of guanidine groups is 1. The van der Waals surface area contributed by atoms with E-state index in [0.29, 0.717) is 18.1 Å². The molecule has 1 aliphatic carbocycles. The van der Waals surface area contributed by atoms with Gasteiger partial charge in [-0.15, -0.1) is 0 Å². The molecule has 2 atom stereocenters. The summed E-state index contributed by atoms with van der Waals surface area (Å²) in [5, 5.41) is 4.49. The van der Waals surface area contributed by atoms with Crippen molar-refractivity contribution in [3.8, 4) is 0 Å². The zero-order valence-electron chi connectivity index (χ0n) is 16.5. The molecule has 27 heavy (non-hydrogen) atoms. The molecule has 0 amide bonds. The first kappa shape index (κ1) is 20.4. The summed E-state index contributed by atoms with van der Waals surface area (Å²) >= 11 is 6.14. The van der Waals surface area contributed by atoms with E-state index in [1.165, 1.54) is 5.56 Å². The molecule has 1 saturated heterocycles. The Morgan fingerprint density at radius 1 is 1.30 bits per heavy atom. The molecule has 0 spiro atoms. The van der Waals surface area contributed by atoms with Crippen molar-refractivity contribution in [2.75, 3.05) is 40.0 Å². The zero-order chi connectivity index (χ0) is 19.1. The SMILES string of the molecule is CCN=C(NC1CC1c1cccc(Cl)c1)N1CCC(OCCCOC)CC1. The van der Waals surface area contributed by atoms with Crippen molar-refractivity contribution in [1.82, 2.24) is 10.2 Å². The molecule has 2 fully saturated rings. The van der Waals surface area contributed by atoms with Gasteiger partial charge in [0.25, 0.3) is 0 Å². The van der Waals surface area contributed by atoms with E-state index >= 15 is 0 Å². The highest BCUT2D eigenvalue weighted by Gasteiger charge is 2.40. The monoisotopic (exact) mass is 393 g/mol. The number of benzene rings is 1. The van der Waals surface area contributed by atoms with Crippen molar-refractivity contribution in [3.63, 3.8) is 0 Å². The average molecular weight is 394 g/mol. The molecule has 0 bridgehead atoms. The van der Waals surface area contributed by atoms with Gasteiger partial charge in [0, 0.05) is 56.9 Å². The van der Waals surface area contributed by atoms with E-state index in [0.717, 1.165) is 69.5 Å². The lowest BCUT2D eigenvalue weighted by molar-refractivity contribution is 0.00988. The van der Waals surface area contributed by atoms with Gasteiger partial charge >= 0.3 is 0 Å². The lowest BCUT2D eigenvalue weighted by atomic mass is 10.1. The number of hydrogen-bond acceptors (Lipinski definition) is 3. The highest BCUT2D eigenvalue weighted by molar-refractivity contribution is 6.30. The largest absolute Gasteiger partial charge is 0.385 e. The molecule has 150 valence electrons. The number of likely N-dealkylation sites (tertiary alicyclic amines) is 1. The van der Waals surface area contributed by atoms with Gasteiger partial charge in [-0.25, -0.2) is 0 Å². The highest BCUT2D eigenvalue weighted by atomic mass is 35.5. The van der Waals surface area contributed by atoms with Crippen LogP contribution in [-0.2, 0) is 9.47 Å². The molecule has 0 radical (unpaired) electrons. The molecular weight excluding hydrogens is 362 g/mol. The summed E-state index contributed by atoms with van der Waals surface area (Å²) in [5.74, 6) is 1.58. The molecule has 1 saturated carbocycles. The second kappa shape index (κ2) is 10.3. The Morgan fingerprint density at radius 3 is 2.81 bits per heavy atom. The fourth-order valence-electron chi connectivity index (χ4n) is 3.70. The number of nitrogens with one attached hydrogen (secondary N) is 1. The maximum atomic E-state index is 6.14. The molecule has 6 heteroatoms. The third kappa shape index (κ3) is 6.09. The summed E-state index contributed by atoms with van der Waals surface area (Å²) in [4.78, 5) is 7.11. The molecule has 1 aromatic rings. The van der Waals surface area contributed by atoms with Crippen LogP contribution in [0, 0.1) is 0 Å². The molecular formula is C21H32ClN3O2. The quantitative estimate of drug-likeness (QED) is 0.415. The van der Waals surface area contributed by atoms with Crippen molar-refractivity contribution < 1.29 is 9.47 Å². The van der Waals surface area contributed by atoms with Crippen LogP contribution in [0.15, 0.2) is 29.3 Å². The molecule has 0 aromatic heterocycles. The Balaban J connectivity index is 1.46. The molecule has 1 aromatic carbocycles. The number of nitrogens with zero attached hydrogens (tertiary/aromatic N) is 2. The Morgan fingerprint density at radius 2 is 2.11 bits per heavy atom. The Kier molecular flexibility index (Phi) is 7.80. The Labute approximate surface area is 168 Å². The van der Waals surface area contributed by atoms with Gasteiger partial charge in [-0.05, 0) is 50.3 Å². The maximum absolute atomic E-state index is 6.14. The minimum atomic E-state index is 0.362. The van der Waals surface area contributed by atoms with Crippen molar-refractivity contribution in [3.05, 3.63) is 34.9 Å². The standard InChI is InChI=1S/C21H32ClN3O2/c1-3-23-21(24-20-15-19(20)16-6-4-7-17(22)14-16)25-10-8-18(9-11-25)27-13-5-12-26-2/h4,6-7,14,18-20H,3,5,8-13,15H2,1-2H3,(H,23,24). The van der Waals surface area contributed by atoms with E-state index in [1.807, 2.05) is 12.1 Å². The molecule has 1 heterocycles. The smallest absolute Gasteiger partial charge is 0.194 e. The average Bonchev–Trinajstić information content (AvgIpc) is 3.45. The first-order valence-electron chi connectivity index (χ1n) is 10.1. The number of rotatable bonds is 8. The fourth-order valence-corrected chi connectivity index (χ4v) is 3.90. The molecule has 1 N–H and O–H groups in total. The van der Waals surface area contributed by atoms with E-state index in [1.54, 1.807) is 7.11 Å². The van der Waals surface area contributed by atoms with Crippen LogP contribution in [0.2, 0.25) is 5.02 Å². The van der Waals surface area contributed by atoms with Gasteiger partial charge in [0.15, 0.2) is 5.96 Å². The van der Waals surface area contributed by atoms with Crippen LogP contribution < -0.4 is 5.32 Å². The van der Waals surface area contributed by atoms with Gasteiger partial charge in [-0.2, -0.15) is 0 Å². The van der Waals surface area contributed by atoms with Gasteiger partial charge in [0.2, 0.25) is 0 Å². The lowest BCUT2D eigenvalue weighted by Gasteiger charge is -2.34. The fraction of sp³-hybridized carbons (Fsp3) is 0.667. The normalized spacial score (nSPS) is 23.5. The summed E-state index contributed by atoms with van der Waals surface area (Å²) in [5.41, 5.74) is 1.32. The molecule has 2 unspecified atom stereocenters. The second-order valence-electron chi connectivity index (χ2n) is 7.35. The first-order chi connectivity index (χ1) is 13.2. The van der Waals surface area contributed by atoms with Crippen LogP contribution in [-0.4, -0.2) is 63.0 Å². The summed E-state index contributed by atoms with van der Waals surface area (Å²) in [7, 11) is 1.73. The minimum Gasteiger partial charge on any atom is -0.385 e. The van der Waals surface area contributed by atoms with Crippen LogP contribution in [0.1, 0.15) is 44.1 Å². The van der Waals surface area contributed by atoms with Crippen molar-refractivity contribution in [2.24, 2.45) is 4.99 Å². The number of halogens is 1. The lowest BCUT2D eigenvalue weighted by Crippen LogP contribution is -2.48. The summed E-state index contributed by atoms with van der Waals surface area (Å²) in [6, 6.07) is 8.67. The van der Waals surface area contributed by atoms with Crippen LogP contribution in [0.5, 0.6) is 0 Å². The molecule has 5 nitrogen and oxygen atoms in total. The molecule has 3 rings (SSSR count). The van der Waals surface area contributed by atoms with Crippen molar-refractivity contribution >= 4 is 17.6 Å². The Hall–Kier alpha value is -1.30. The number of piperidine rings is 1. The van der Waals surface area contributed by atoms with Gasteiger partial charge in [0.05, 0.1) is 6.10 Å². The third-order valence-corrected chi connectivity index (χ3v) is 5.51. The molecule has 1 aliphatic heterocycles. The summed E-state index contributed by atoms with van der Waals surface area (Å²) < 4.78 is 11.1. The zero-order valence-corrected chi connectivity index (χ0v) is 17.3. The first-order valence-corrected chi connectivity index (χ1v) is 10.5. The Bertz CT molecular complexity index is 617. The van der Waals surface area contributed by atoms with Crippen LogP contribution in [0.4, 0.5) is 0 Å². The van der Waals surface area contributed by atoms with E-state index in [9.17, 15) is 0 Å². The van der Waals surface area contributed by atoms with Gasteiger partial charge in [0.1, 0.15) is 0 Å². The van der Waals surface area contributed by atoms with E-state index in [2.05, 4.69) is 29.3 Å². The number of methoxy groups -OCH3 is 1. The van der Waals surface area contributed by atoms with Gasteiger partial charge in [-0.3, -0.25) is 4.99 Å². The number of ether oxygens (including phenoxy) is 2. The van der Waals surface area contributed by atoms with Crippen LogP contribution in [0.3, 0.4) is 0 Å². The number of aliphatic imine (C=N–C) groups is 1. The highest BCUT2D eigenvalue weighted by Crippen LogP contribution is 2.41. The van der Waals surface area contributed by atoms with Gasteiger partial charge < -0.3 is 19.7 Å². The van der Waals surface area contributed by atoms with Crippen LogP contribution >= 0.6 is 11.6 Å². The number of hydrogen-bond donors (Lipinski definition) is 1. The van der Waals surface area contributed by atoms with E-state index in [4.69, 9.17) is 26.1 Å². The predicted molar refractivity (Wildman–Crippen MR) is 111 cm³/mol. The van der Waals surface area contributed by atoms with Crippen molar-refractivity contribution in [2.45, 2.75) is 50.7 Å². The van der Waals surface area contributed by atoms with E-state index < -0.39 is 0 Å². The second-order valence-corrected chi connectivity index (χ2v) is 7.79. The molecule has 2 aliphatic rings. The predicted octanol–water partition coefficient (Wildman–Crippen LogP) is 3.68. The van der Waals surface area contributed by atoms with Crippen molar-refractivity contribution in [1.29, 1.82) is 0 Å². The third-order valence-electron chi connectivity index (χ3n) is 5.28. The summed E-state index contributed by atoms with van der Waals surface area (Å²) in [6.07, 6.45) is 4.58. The van der Waals surface area contributed by atoms with E-state index in [-0.39, 0.29) is 0 Å². The minimum absolute atomic E-state index is 0.362.